The first-order valence-corrected chi connectivity index (χ1v) is 26.3. The van der Waals surface area contributed by atoms with Crippen LogP contribution in [-0.4, -0.2) is 6.71 Å². The van der Waals surface area contributed by atoms with E-state index in [0.717, 1.165) is 0 Å². The van der Waals surface area contributed by atoms with Crippen LogP contribution >= 0.6 is 0 Å². The fraction of sp³-hybridized carbons (Fsp3) is 0.424. The zero-order valence-electron chi connectivity index (χ0n) is 45.2. The second-order valence-electron chi connectivity index (χ2n) is 26.9. The molecule has 69 heavy (non-hydrogen) atoms. The van der Waals surface area contributed by atoms with Crippen LogP contribution in [-0.2, 0) is 32.5 Å². The summed E-state index contributed by atoms with van der Waals surface area (Å²) in [6.45, 7) is 41.1. The van der Waals surface area contributed by atoms with E-state index < -0.39 is 0 Å². The van der Waals surface area contributed by atoms with E-state index in [0.29, 0.717) is 0 Å². The Morgan fingerprint density at radius 1 is 0.478 bits per heavy atom. The maximum Gasteiger partial charge on any atom is 0.248 e. The van der Waals surface area contributed by atoms with E-state index in [1.807, 2.05) is 0 Å². The molecule has 11 rings (SSSR count). The van der Waals surface area contributed by atoms with Gasteiger partial charge in [-0.2, -0.15) is 0 Å². The Balaban J connectivity index is 1.32. The highest BCUT2D eigenvalue weighted by Crippen LogP contribution is 2.59. The third-order valence-electron chi connectivity index (χ3n) is 18.1. The van der Waals surface area contributed by atoms with Gasteiger partial charge in [0.25, 0.3) is 0 Å². The lowest BCUT2D eigenvalue weighted by molar-refractivity contribution is 0.331. The van der Waals surface area contributed by atoms with Crippen molar-refractivity contribution in [3.05, 3.63) is 175 Å². The van der Waals surface area contributed by atoms with E-state index >= 15 is 0 Å². The molecule has 2 heterocycles. The molecule has 2 aliphatic heterocycles. The number of nitrogens with zero attached hydrogens (tertiary/aromatic N) is 2. The Labute approximate surface area is 416 Å². The van der Waals surface area contributed by atoms with Crippen molar-refractivity contribution >= 4 is 51.8 Å². The van der Waals surface area contributed by atoms with Gasteiger partial charge < -0.3 is 9.80 Å². The van der Waals surface area contributed by atoms with Gasteiger partial charge in [0.2, 0.25) is 6.71 Å². The molecule has 0 radical (unpaired) electrons. The third-order valence-corrected chi connectivity index (χ3v) is 18.1. The second kappa shape index (κ2) is 14.9. The van der Waals surface area contributed by atoms with E-state index in [1.165, 1.54) is 143 Å². The molecule has 6 aromatic carbocycles. The Bertz CT molecular complexity index is 3170. The minimum absolute atomic E-state index is 0.0253. The molecule has 2 nitrogen and oxygen atoms in total. The summed E-state index contributed by atoms with van der Waals surface area (Å²) in [6.07, 6.45) is 4.72. The summed E-state index contributed by atoms with van der Waals surface area (Å²) in [5.41, 5.74) is 29.6. The molecule has 6 aromatic rings. The summed E-state index contributed by atoms with van der Waals surface area (Å²) >= 11 is 0. The van der Waals surface area contributed by atoms with Crippen LogP contribution < -0.4 is 20.7 Å². The maximum absolute atomic E-state index is 2.74. The third kappa shape index (κ3) is 6.93. The number of rotatable bonds is 3. The van der Waals surface area contributed by atoms with Crippen molar-refractivity contribution in [3.8, 4) is 0 Å². The highest BCUT2D eigenvalue weighted by atomic mass is 15.2. The summed E-state index contributed by atoms with van der Waals surface area (Å²) in [6, 6.07) is 42.2. The van der Waals surface area contributed by atoms with Crippen molar-refractivity contribution in [2.45, 2.75) is 182 Å². The van der Waals surface area contributed by atoms with Crippen LogP contribution in [0.5, 0.6) is 0 Å². The van der Waals surface area contributed by atoms with Gasteiger partial charge in [0.15, 0.2) is 0 Å². The Hall–Kier alpha value is -5.28. The fourth-order valence-electron chi connectivity index (χ4n) is 13.5. The summed E-state index contributed by atoms with van der Waals surface area (Å²) in [7, 11) is 0. The number of allylic oxidation sites excluding steroid dienone is 1. The minimum atomic E-state index is 0.0253. The number of anilines is 5. The molecule has 0 bridgehead atoms. The number of aryl methyl sites for hydroxylation is 3. The van der Waals surface area contributed by atoms with Crippen LogP contribution in [0.1, 0.15) is 195 Å². The van der Waals surface area contributed by atoms with Crippen LogP contribution in [0.2, 0.25) is 0 Å². The maximum atomic E-state index is 2.74. The van der Waals surface area contributed by atoms with Crippen LogP contribution in [0.4, 0.5) is 28.4 Å². The lowest BCUT2D eigenvalue weighted by atomic mass is 9.31. The SMILES string of the molecule is Cc1cc2c3c(c1)N(c1ccc(C(C)(C)C)cc1C)c1cc4c(cc1B3C1=C(c3cc5c(cc3C1c1ccccc1C)C(C)(C)CCC5(C)C)N2c1ccc(C(C)(C)C)cc1)C(C)(C)CCC4(C)C. The monoisotopic (exact) mass is 909 g/mol. The zero-order valence-corrected chi connectivity index (χ0v) is 45.2. The molecule has 5 aliphatic rings. The van der Waals surface area contributed by atoms with Gasteiger partial charge >= 0.3 is 0 Å². The molecule has 0 fully saturated rings. The van der Waals surface area contributed by atoms with E-state index in [-0.39, 0.29) is 45.1 Å². The minimum Gasteiger partial charge on any atom is -0.311 e. The lowest BCUT2D eigenvalue weighted by Crippen LogP contribution is -2.57. The molecule has 0 saturated heterocycles. The Morgan fingerprint density at radius 3 is 1.57 bits per heavy atom. The van der Waals surface area contributed by atoms with Gasteiger partial charge in [-0.15, -0.1) is 0 Å². The number of benzene rings is 6. The van der Waals surface area contributed by atoms with Gasteiger partial charge in [0.1, 0.15) is 0 Å². The first-order valence-electron chi connectivity index (χ1n) is 26.3. The van der Waals surface area contributed by atoms with Crippen LogP contribution in [0.25, 0.3) is 5.70 Å². The van der Waals surface area contributed by atoms with Crippen molar-refractivity contribution in [1.29, 1.82) is 0 Å². The van der Waals surface area contributed by atoms with Gasteiger partial charge in [0, 0.05) is 45.6 Å². The molecular formula is C66H77BN2. The highest BCUT2D eigenvalue weighted by Gasteiger charge is 2.53. The van der Waals surface area contributed by atoms with E-state index in [4.69, 9.17) is 0 Å². The predicted octanol–water partition coefficient (Wildman–Crippen LogP) is 16.5. The summed E-state index contributed by atoms with van der Waals surface area (Å²) < 4.78 is 0. The molecule has 1 unspecified atom stereocenters. The van der Waals surface area contributed by atoms with E-state index in [1.54, 1.807) is 0 Å². The normalized spacial score (nSPS) is 20.2. The quantitative estimate of drug-likeness (QED) is 0.163. The van der Waals surface area contributed by atoms with Crippen molar-refractivity contribution in [1.82, 2.24) is 0 Å². The Morgan fingerprint density at radius 2 is 1.00 bits per heavy atom. The summed E-state index contributed by atoms with van der Waals surface area (Å²) in [5.74, 6) is 0.0682. The zero-order chi connectivity index (χ0) is 49.3. The molecule has 0 saturated carbocycles. The van der Waals surface area contributed by atoms with E-state index in [2.05, 4.69) is 231 Å². The largest absolute Gasteiger partial charge is 0.311 e. The van der Waals surface area contributed by atoms with Gasteiger partial charge in [-0.05, 0) is 194 Å². The molecule has 0 spiro atoms. The molecule has 0 aromatic heterocycles. The standard InChI is InChI=1S/C66H77BN2/c1-39-32-55-58-56(33-39)69(53-27-24-43(34-41(53)3)62(7,8)9)54-38-51-50(65(14,15)30-31-66(51,16)17)37-52(54)67(58)59-57(45-21-19-18-20-40(45)2)46-35-48-49(64(12,13)29-28-63(48,10)11)36-47(46)60(59)68(55)44-25-22-42(23-26-44)61(4,5)6/h18-27,32-38,57H,28-31H2,1-17H3. The average molecular weight is 909 g/mol. The topological polar surface area (TPSA) is 6.48 Å². The van der Waals surface area contributed by atoms with Gasteiger partial charge in [-0.3, -0.25) is 0 Å². The van der Waals surface area contributed by atoms with Gasteiger partial charge in [-0.1, -0.05) is 163 Å². The first kappa shape index (κ1) is 46.1. The predicted molar refractivity (Wildman–Crippen MR) is 299 cm³/mol. The van der Waals surface area contributed by atoms with Crippen molar-refractivity contribution in [2.75, 3.05) is 9.80 Å². The van der Waals surface area contributed by atoms with Gasteiger partial charge in [0.05, 0.1) is 0 Å². The molecule has 0 N–H and O–H groups in total. The van der Waals surface area contributed by atoms with Crippen molar-refractivity contribution < 1.29 is 0 Å². The Kier molecular flexibility index (Phi) is 9.95. The van der Waals surface area contributed by atoms with Gasteiger partial charge in [-0.25, -0.2) is 0 Å². The molecule has 3 aliphatic carbocycles. The average Bonchev–Trinajstić information content (AvgIpc) is 3.59. The van der Waals surface area contributed by atoms with Crippen molar-refractivity contribution in [2.24, 2.45) is 0 Å². The van der Waals surface area contributed by atoms with E-state index in [9.17, 15) is 0 Å². The first-order chi connectivity index (χ1) is 32.2. The summed E-state index contributed by atoms with van der Waals surface area (Å²) in [5, 5.41) is 0. The molecule has 3 heteroatoms. The summed E-state index contributed by atoms with van der Waals surface area (Å²) in [4.78, 5) is 5.44. The van der Waals surface area contributed by atoms with Crippen LogP contribution in [0, 0.1) is 20.8 Å². The van der Waals surface area contributed by atoms with Crippen LogP contribution in [0.15, 0.2) is 109 Å². The molecule has 1 atom stereocenters. The smallest absolute Gasteiger partial charge is 0.248 e. The highest BCUT2D eigenvalue weighted by molar-refractivity contribution is 6.96. The fourth-order valence-corrected chi connectivity index (χ4v) is 13.5. The van der Waals surface area contributed by atoms with Crippen LogP contribution in [0.3, 0.4) is 0 Å². The molecular weight excluding hydrogens is 832 g/mol. The molecule has 0 amide bonds. The molecule has 354 valence electrons. The lowest BCUT2D eigenvalue weighted by Gasteiger charge is -2.48. The number of fused-ring (bicyclic) bond motifs is 7. The number of hydrogen-bond acceptors (Lipinski definition) is 2. The van der Waals surface area contributed by atoms with Crippen molar-refractivity contribution in [3.63, 3.8) is 0 Å². The number of hydrogen-bond donors (Lipinski definition) is 0. The second-order valence-corrected chi connectivity index (χ2v) is 26.9.